The van der Waals surface area contributed by atoms with Crippen molar-refractivity contribution < 1.29 is 46.2 Å². The van der Waals surface area contributed by atoms with Crippen LogP contribution in [-0.4, -0.2) is 92.9 Å². The Hall–Kier alpha value is -4.60. The first kappa shape index (κ1) is 38.1. The predicted octanol–water partition coefficient (Wildman–Crippen LogP) is 5.60. The van der Waals surface area contributed by atoms with E-state index in [1.807, 2.05) is 0 Å². The van der Waals surface area contributed by atoms with E-state index in [0.29, 0.717) is 44.5 Å². The number of nitrogens with zero attached hydrogens (tertiary/aromatic N) is 2. The Morgan fingerprint density at radius 2 is 1.68 bits per heavy atom. The minimum absolute atomic E-state index is 0.0415. The lowest BCUT2D eigenvalue weighted by atomic mass is 9.76. The van der Waals surface area contributed by atoms with Gasteiger partial charge in [-0.25, -0.2) is 26.8 Å². The normalized spacial score (nSPS) is 20.2. The first-order valence-electron chi connectivity index (χ1n) is 17.7. The molecule has 0 aromatic heterocycles. The second-order valence-corrected chi connectivity index (χ2v) is 16.0. The monoisotopic (exact) mass is 754 g/mol. The van der Waals surface area contributed by atoms with Crippen LogP contribution in [0.2, 0.25) is 0 Å². The zero-order valence-corrected chi connectivity index (χ0v) is 30.2. The third-order valence-corrected chi connectivity index (χ3v) is 12.6. The molecular formula is C38H44F2N4O8S. The number of rotatable bonds is 11. The summed E-state index contributed by atoms with van der Waals surface area (Å²) in [4.78, 5) is 40.6. The third kappa shape index (κ3) is 8.79. The van der Waals surface area contributed by atoms with Gasteiger partial charge in [0.25, 0.3) is 0 Å². The summed E-state index contributed by atoms with van der Waals surface area (Å²) in [6, 6.07) is 15.7. The number of hydrogen-bond donors (Lipinski definition) is 3. The van der Waals surface area contributed by atoms with Crippen LogP contribution in [0.3, 0.4) is 0 Å². The Balaban J connectivity index is 1.31. The molecule has 1 spiro atoms. The number of sulfonamides is 1. The molecule has 284 valence electrons. The molecule has 2 saturated heterocycles. The summed E-state index contributed by atoms with van der Waals surface area (Å²) in [6.07, 6.45) is 0.459. The molecule has 53 heavy (non-hydrogen) atoms. The highest BCUT2D eigenvalue weighted by molar-refractivity contribution is 7.89. The van der Waals surface area contributed by atoms with Gasteiger partial charge in [-0.05, 0) is 86.4 Å². The first-order valence-corrected chi connectivity index (χ1v) is 19.2. The highest BCUT2D eigenvalue weighted by atomic mass is 32.2. The van der Waals surface area contributed by atoms with Crippen molar-refractivity contribution in [1.82, 2.24) is 14.5 Å². The minimum atomic E-state index is -4.07. The van der Waals surface area contributed by atoms with Crippen LogP contribution in [0.4, 0.5) is 24.1 Å². The average Bonchev–Trinajstić information content (AvgIpc) is 3.95. The van der Waals surface area contributed by atoms with Gasteiger partial charge < -0.3 is 30.1 Å². The second-order valence-electron chi connectivity index (χ2n) is 14.1. The van der Waals surface area contributed by atoms with Crippen molar-refractivity contribution in [3.05, 3.63) is 95.6 Å². The number of carbonyl (C=O) groups excluding carboxylic acids is 2. The minimum Gasteiger partial charge on any atom is -0.465 e. The maximum Gasteiger partial charge on any atom is 0.407 e. The number of anilines is 1. The Kier molecular flexibility index (Phi) is 11.6. The van der Waals surface area contributed by atoms with Crippen molar-refractivity contribution in [3.8, 4) is 0 Å². The maximum atomic E-state index is 15.8. The van der Waals surface area contributed by atoms with Gasteiger partial charge in [0, 0.05) is 61.5 Å². The van der Waals surface area contributed by atoms with Gasteiger partial charge in [-0.15, -0.1) is 0 Å². The van der Waals surface area contributed by atoms with Gasteiger partial charge in [-0.1, -0.05) is 36.4 Å². The zero-order chi connectivity index (χ0) is 37.8. The van der Waals surface area contributed by atoms with Crippen LogP contribution in [0, 0.1) is 23.0 Å². The van der Waals surface area contributed by atoms with E-state index in [2.05, 4.69) is 10.6 Å². The smallest absolute Gasteiger partial charge is 0.407 e. The highest BCUT2D eigenvalue weighted by Gasteiger charge is 2.52. The van der Waals surface area contributed by atoms with Gasteiger partial charge in [0.2, 0.25) is 15.9 Å². The first-order chi connectivity index (χ1) is 25.4. The average molecular weight is 755 g/mol. The van der Waals surface area contributed by atoms with Gasteiger partial charge in [0.15, 0.2) is 0 Å². The molecule has 3 N–H and O–H groups in total. The highest BCUT2D eigenvalue weighted by Crippen LogP contribution is 2.49. The van der Waals surface area contributed by atoms with E-state index in [0.717, 1.165) is 0 Å². The Morgan fingerprint density at radius 1 is 0.981 bits per heavy atom. The number of ether oxygens (including phenoxy) is 2. The van der Waals surface area contributed by atoms with Crippen LogP contribution in [0.1, 0.15) is 49.1 Å². The van der Waals surface area contributed by atoms with Crippen LogP contribution in [0.15, 0.2) is 77.7 Å². The van der Waals surface area contributed by atoms with Crippen molar-refractivity contribution in [1.29, 1.82) is 0 Å². The SMILES string of the molecule is COC(=O)N[C@H](C(=O)Nc1cccc(F)c1CCC1CN(C(=O)O)CC2(CC2)CN1S(=O)(=O)c1ccccc1)[C@@H](c1ccc(F)cc1)C1CCOCC1. The second kappa shape index (κ2) is 16.2. The summed E-state index contributed by atoms with van der Waals surface area (Å²) in [6.45, 7) is 1.06. The lowest BCUT2D eigenvalue weighted by Gasteiger charge is -2.35. The molecule has 3 atom stereocenters. The van der Waals surface area contributed by atoms with Crippen LogP contribution >= 0.6 is 0 Å². The number of alkyl carbamates (subject to hydrolysis) is 1. The quantitative estimate of drug-likeness (QED) is 0.229. The van der Waals surface area contributed by atoms with E-state index >= 15 is 4.39 Å². The molecule has 1 saturated carbocycles. The van der Waals surface area contributed by atoms with Gasteiger partial charge >= 0.3 is 12.2 Å². The van der Waals surface area contributed by atoms with Gasteiger partial charge in [0.1, 0.15) is 17.7 Å². The molecule has 3 aromatic carbocycles. The molecule has 15 heteroatoms. The van der Waals surface area contributed by atoms with Crippen molar-refractivity contribution in [2.75, 3.05) is 45.3 Å². The van der Waals surface area contributed by atoms with Crippen LogP contribution in [-0.2, 0) is 30.7 Å². The van der Waals surface area contributed by atoms with Crippen LogP contribution in [0.25, 0.3) is 0 Å². The summed E-state index contributed by atoms with van der Waals surface area (Å²) < 4.78 is 69.8. The largest absolute Gasteiger partial charge is 0.465 e. The number of carboxylic acid groups (broad SMARTS) is 1. The fraction of sp³-hybridized carbons (Fsp3) is 0.447. The molecule has 3 aliphatic rings. The predicted molar refractivity (Wildman–Crippen MR) is 191 cm³/mol. The summed E-state index contributed by atoms with van der Waals surface area (Å²) >= 11 is 0. The fourth-order valence-electron chi connectivity index (χ4n) is 7.66. The Morgan fingerprint density at radius 3 is 2.32 bits per heavy atom. The van der Waals surface area contributed by atoms with Crippen molar-refractivity contribution >= 4 is 33.8 Å². The number of halogens is 2. The molecule has 2 aliphatic heterocycles. The summed E-state index contributed by atoms with van der Waals surface area (Å²) in [7, 11) is -2.90. The van der Waals surface area contributed by atoms with Gasteiger partial charge in [0.05, 0.1) is 12.0 Å². The summed E-state index contributed by atoms with van der Waals surface area (Å²) in [5.41, 5.74) is 0.306. The maximum absolute atomic E-state index is 15.8. The Bertz CT molecular complexity index is 1890. The Labute approximate surface area is 307 Å². The van der Waals surface area contributed by atoms with E-state index in [1.165, 1.54) is 58.8 Å². The van der Waals surface area contributed by atoms with E-state index in [1.54, 1.807) is 30.3 Å². The third-order valence-electron chi connectivity index (χ3n) is 10.7. The van der Waals surface area contributed by atoms with E-state index in [9.17, 15) is 32.3 Å². The molecule has 6 rings (SSSR count). The standard InChI is InChI=1S/C38H44F2N4O8S/c1-51-36(46)42-34(33(26-16-20-52-21-17-26)25-10-12-27(39)13-11-25)35(45)41-32-9-5-8-31(40)30(32)15-14-28-22-43(37(47)48)23-38(18-19-38)24-44(28)53(49,50)29-6-3-2-4-7-29/h2-13,26,28,33-34H,14-24H2,1H3,(H,41,45)(H,42,46)(H,47,48)/t28?,33-,34-/m0/s1. The lowest BCUT2D eigenvalue weighted by molar-refractivity contribution is -0.119. The van der Waals surface area contributed by atoms with E-state index in [4.69, 9.17) is 9.47 Å². The van der Waals surface area contributed by atoms with Crippen molar-refractivity contribution in [2.45, 2.75) is 61.4 Å². The molecule has 3 amide bonds. The molecule has 12 nitrogen and oxygen atoms in total. The molecule has 2 heterocycles. The van der Waals surface area contributed by atoms with Crippen LogP contribution < -0.4 is 10.6 Å². The number of hydrogen-bond acceptors (Lipinski definition) is 7. The molecular weight excluding hydrogens is 711 g/mol. The summed E-state index contributed by atoms with van der Waals surface area (Å²) in [5.74, 6) is -2.56. The van der Waals surface area contributed by atoms with E-state index in [-0.39, 0.29) is 54.5 Å². The number of amides is 3. The molecule has 1 aliphatic carbocycles. The number of nitrogens with one attached hydrogen (secondary N) is 2. The topological polar surface area (TPSA) is 155 Å². The number of carbonyl (C=O) groups is 3. The van der Waals surface area contributed by atoms with Crippen molar-refractivity contribution in [2.24, 2.45) is 11.3 Å². The number of benzene rings is 3. The lowest BCUT2D eigenvalue weighted by Crippen LogP contribution is -2.50. The van der Waals surface area contributed by atoms with Crippen molar-refractivity contribution in [3.63, 3.8) is 0 Å². The molecule has 1 unspecified atom stereocenters. The van der Waals surface area contributed by atoms with Gasteiger partial charge in [-0.3, -0.25) is 4.79 Å². The van der Waals surface area contributed by atoms with Crippen LogP contribution in [0.5, 0.6) is 0 Å². The summed E-state index contributed by atoms with van der Waals surface area (Å²) in [5, 5.41) is 15.5. The molecule has 0 radical (unpaired) electrons. The molecule has 0 bridgehead atoms. The molecule has 3 fully saturated rings. The van der Waals surface area contributed by atoms with Gasteiger partial charge in [-0.2, -0.15) is 4.31 Å². The molecule has 3 aromatic rings. The van der Waals surface area contributed by atoms with E-state index < -0.39 is 63.2 Å². The zero-order valence-electron chi connectivity index (χ0n) is 29.4. The fourth-order valence-corrected chi connectivity index (χ4v) is 9.44. The number of methoxy groups -OCH3 is 1.